The van der Waals surface area contributed by atoms with Gasteiger partial charge in [0, 0.05) is 24.5 Å². The van der Waals surface area contributed by atoms with Crippen molar-refractivity contribution >= 4 is 21.6 Å². The molecule has 0 aliphatic rings. The van der Waals surface area contributed by atoms with E-state index < -0.39 is 33.8 Å². The molecule has 1 atom stereocenters. The minimum absolute atomic E-state index is 0.0598. The monoisotopic (exact) mass is 495 g/mol. The molecule has 0 bridgehead atoms. The standard InChI is InChI=1S/C22H20F3N3O5S/c23-22(24,25)16-2-1-3-19(12-16)33-14-18(29)13-27-21(30)15-4-6-20(7-5-15)34(31,32)28-17-8-10-26-11-9-17/h1-12,18,29H,13-14H2,(H,26,28)(H,27,30). The predicted octanol–water partition coefficient (Wildman–Crippen LogP) is 3.07. The van der Waals surface area contributed by atoms with Gasteiger partial charge in [0.2, 0.25) is 0 Å². The third-order valence-electron chi connectivity index (χ3n) is 4.46. The summed E-state index contributed by atoms with van der Waals surface area (Å²) in [7, 11) is -3.86. The van der Waals surface area contributed by atoms with Crippen LogP contribution in [0.5, 0.6) is 5.75 Å². The molecule has 3 aromatic rings. The lowest BCUT2D eigenvalue weighted by molar-refractivity contribution is -0.137. The summed E-state index contributed by atoms with van der Waals surface area (Å²) >= 11 is 0. The van der Waals surface area contributed by atoms with Gasteiger partial charge in [0.25, 0.3) is 15.9 Å². The van der Waals surface area contributed by atoms with E-state index in [9.17, 15) is 31.5 Å². The quantitative estimate of drug-likeness (QED) is 0.420. The number of hydrogen-bond donors (Lipinski definition) is 3. The molecule has 8 nitrogen and oxygen atoms in total. The lowest BCUT2D eigenvalue weighted by atomic mass is 10.2. The number of carbonyl (C=O) groups is 1. The van der Waals surface area contributed by atoms with Gasteiger partial charge in [-0.25, -0.2) is 8.42 Å². The van der Waals surface area contributed by atoms with Gasteiger partial charge in [0.1, 0.15) is 18.5 Å². The highest BCUT2D eigenvalue weighted by Crippen LogP contribution is 2.31. The molecule has 1 amide bonds. The highest BCUT2D eigenvalue weighted by Gasteiger charge is 2.30. The average molecular weight is 495 g/mol. The molecule has 3 N–H and O–H groups in total. The molecule has 0 aliphatic heterocycles. The second-order valence-electron chi connectivity index (χ2n) is 7.07. The number of rotatable bonds is 9. The fraction of sp³-hybridized carbons (Fsp3) is 0.182. The van der Waals surface area contributed by atoms with Crippen LogP contribution in [0, 0.1) is 0 Å². The fourth-order valence-corrected chi connectivity index (χ4v) is 3.80. The molecule has 180 valence electrons. The number of aliphatic hydroxyl groups excluding tert-OH is 1. The van der Waals surface area contributed by atoms with Crippen LogP contribution in [0.3, 0.4) is 0 Å². The van der Waals surface area contributed by atoms with Crippen LogP contribution in [0.2, 0.25) is 0 Å². The molecule has 0 fully saturated rings. The van der Waals surface area contributed by atoms with Crippen LogP contribution in [-0.4, -0.2) is 43.7 Å². The number of halogens is 3. The van der Waals surface area contributed by atoms with Crippen LogP contribution in [-0.2, 0) is 16.2 Å². The Morgan fingerprint density at radius 1 is 1.06 bits per heavy atom. The molecular weight excluding hydrogens is 475 g/mol. The topological polar surface area (TPSA) is 118 Å². The van der Waals surface area contributed by atoms with Gasteiger partial charge in [-0.2, -0.15) is 13.2 Å². The highest BCUT2D eigenvalue weighted by molar-refractivity contribution is 7.92. The van der Waals surface area contributed by atoms with E-state index in [2.05, 4.69) is 15.0 Å². The highest BCUT2D eigenvalue weighted by atomic mass is 32.2. The average Bonchev–Trinajstić information content (AvgIpc) is 2.81. The number of amides is 1. The second kappa shape index (κ2) is 10.5. The zero-order valence-corrected chi connectivity index (χ0v) is 18.3. The Morgan fingerprint density at radius 3 is 2.38 bits per heavy atom. The first-order chi connectivity index (χ1) is 16.0. The smallest absolute Gasteiger partial charge is 0.416 e. The molecule has 1 unspecified atom stereocenters. The van der Waals surface area contributed by atoms with Gasteiger partial charge >= 0.3 is 6.18 Å². The number of carbonyl (C=O) groups excluding carboxylic acids is 1. The predicted molar refractivity (Wildman–Crippen MR) is 117 cm³/mol. The third kappa shape index (κ3) is 6.93. The van der Waals surface area contributed by atoms with Crippen LogP contribution in [0.1, 0.15) is 15.9 Å². The SMILES string of the molecule is O=C(NCC(O)COc1cccc(C(F)(F)F)c1)c1ccc(S(=O)(=O)Nc2ccncc2)cc1. The molecule has 3 rings (SSSR count). The van der Waals surface area contributed by atoms with Gasteiger partial charge in [0.05, 0.1) is 16.1 Å². The largest absolute Gasteiger partial charge is 0.491 e. The Kier molecular flexibility index (Phi) is 7.74. The molecule has 1 heterocycles. The van der Waals surface area contributed by atoms with Crippen molar-refractivity contribution in [1.29, 1.82) is 0 Å². The number of hydrogen-bond acceptors (Lipinski definition) is 6. The van der Waals surface area contributed by atoms with Crippen LogP contribution in [0.25, 0.3) is 0 Å². The van der Waals surface area contributed by atoms with Crippen molar-refractivity contribution < 1.29 is 36.2 Å². The lowest BCUT2D eigenvalue weighted by Gasteiger charge is -2.14. The number of aliphatic hydroxyl groups is 1. The minimum atomic E-state index is -4.52. The fourth-order valence-electron chi connectivity index (χ4n) is 2.75. The number of aromatic nitrogens is 1. The number of alkyl halides is 3. The Bertz CT molecular complexity index is 1220. The molecule has 0 spiro atoms. The van der Waals surface area contributed by atoms with E-state index in [4.69, 9.17) is 4.74 Å². The number of ether oxygens (including phenoxy) is 1. The molecule has 1 aromatic heterocycles. The minimum Gasteiger partial charge on any atom is -0.491 e. The maximum atomic E-state index is 12.7. The molecular formula is C22H20F3N3O5S. The Balaban J connectivity index is 1.51. The van der Waals surface area contributed by atoms with E-state index in [0.29, 0.717) is 5.69 Å². The van der Waals surface area contributed by atoms with Gasteiger partial charge in [-0.1, -0.05) is 6.07 Å². The van der Waals surface area contributed by atoms with Gasteiger partial charge < -0.3 is 15.2 Å². The maximum absolute atomic E-state index is 12.7. The van der Waals surface area contributed by atoms with Gasteiger partial charge in [-0.3, -0.25) is 14.5 Å². The molecule has 2 aromatic carbocycles. The summed E-state index contributed by atoms with van der Waals surface area (Å²) in [5, 5.41) is 12.4. The molecule has 0 aliphatic carbocycles. The third-order valence-corrected chi connectivity index (χ3v) is 5.86. The summed E-state index contributed by atoms with van der Waals surface area (Å²) in [4.78, 5) is 16.0. The summed E-state index contributed by atoms with van der Waals surface area (Å²) in [6.45, 7) is -0.582. The zero-order chi connectivity index (χ0) is 24.8. The number of benzene rings is 2. The molecule has 12 heteroatoms. The molecule has 34 heavy (non-hydrogen) atoms. The first kappa shape index (κ1) is 25.0. The lowest BCUT2D eigenvalue weighted by Crippen LogP contribution is -2.35. The van der Waals surface area contributed by atoms with E-state index in [0.717, 1.165) is 12.1 Å². The number of nitrogens with one attached hydrogen (secondary N) is 2. The Morgan fingerprint density at radius 2 is 1.74 bits per heavy atom. The number of pyridine rings is 1. The van der Waals surface area contributed by atoms with E-state index >= 15 is 0 Å². The van der Waals surface area contributed by atoms with Crippen molar-refractivity contribution in [2.24, 2.45) is 0 Å². The van der Waals surface area contributed by atoms with Gasteiger partial charge in [0.15, 0.2) is 0 Å². The summed E-state index contributed by atoms with van der Waals surface area (Å²) in [6.07, 6.45) is -2.84. The van der Waals surface area contributed by atoms with Crippen molar-refractivity contribution in [2.75, 3.05) is 17.9 Å². The summed E-state index contributed by atoms with van der Waals surface area (Å²) in [6, 6.07) is 12.3. The van der Waals surface area contributed by atoms with Crippen molar-refractivity contribution in [2.45, 2.75) is 17.2 Å². The molecule has 0 saturated heterocycles. The summed E-state index contributed by atoms with van der Waals surface area (Å²) in [5.74, 6) is -0.651. The Hall–Kier alpha value is -3.64. The first-order valence-corrected chi connectivity index (χ1v) is 11.3. The van der Waals surface area contributed by atoms with Crippen LogP contribution in [0.15, 0.2) is 78.0 Å². The normalized spacial score (nSPS) is 12.6. The Labute approximate surface area is 193 Å². The zero-order valence-electron chi connectivity index (χ0n) is 17.5. The van der Waals surface area contributed by atoms with Crippen molar-refractivity contribution in [1.82, 2.24) is 10.3 Å². The first-order valence-electron chi connectivity index (χ1n) is 9.84. The number of sulfonamides is 1. The van der Waals surface area contributed by atoms with E-state index in [1.165, 1.54) is 60.9 Å². The van der Waals surface area contributed by atoms with Gasteiger partial charge in [-0.05, 0) is 54.6 Å². The van der Waals surface area contributed by atoms with Crippen LogP contribution < -0.4 is 14.8 Å². The van der Waals surface area contributed by atoms with Crippen molar-refractivity contribution in [3.05, 3.63) is 84.2 Å². The number of anilines is 1. The van der Waals surface area contributed by atoms with E-state index in [-0.39, 0.29) is 29.4 Å². The van der Waals surface area contributed by atoms with E-state index in [1.807, 2.05) is 0 Å². The summed E-state index contributed by atoms with van der Waals surface area (Å²) in [5.41, 5.74) is -0.402. The second-order valence-corrected chi connectivity index (χ2v) is 8.75. The van der Waals surface area contributed by atoms with Crippen molar-refractivity contribution in [3.63, 3.8) is 0 Å². The number of nitrogens with zero attached hydrogens (tertiary/aromatic N) is 1. The van der Waals surface area contributed by atoms with Crippen molar-refractivity contribution in [3.8, 4) is 5.75 Å². The maximum Gasteiger partial charge on any atom is 0.416 e. The summed E-state index contributed by atoms with van der Waals surface area (Å²) < 4.78 is 70.6. The molecule has 0 radical (unpaired) electrons. The van der Waals surface area contributed by atoms with Crippen LogP contribution in [0.4, 0.5) is 18.9 Å². The van der Waals surface area contributed by atoms with Crippen LogP contribution >= 0.6 is 0 Å². The van der Waals surface area contributed by atoms with Gasteiger partial charge in [-0.15, -0.1) is 0 Å². The van der Waals surface area contributed by atoms with E-state index in [1.54, 1.807) is 0 Å². The molecule has 0 saturated carbocycles.